The molecule has 2 amide bonds. The minimum Gasteiger partial charge on any atom is -0.389 e. The van der Waals surface area contributed by atoms with Gasteiger partial charge < -0.3 is 21.3 Å². The quantitative estimate of drug-likeness (QED) is 0.556. The summed E-state index contributed by atoms with van der Waals surface area (Å²) in [5, 5.41) is 5.99. The van der Waals surface area contributed by atoms with Gasteiger partial charge in [0.2, 0.25) is 0 Å². The summed E-state index contributed by atoms with van der Waals surface area (Å²) in [6, 6.07) is 1.92. The van der Waals surface area contributed by atoms with E-state index in [1.807, 2.05) is 6.07 Å². The van der Waals surface area contributed by atoms with Crippen LogP contribution in [0.2, 0.25) is 0 Å². The number of urea groups is 1. The number of pyridine rings is 1. The van der Waals surface area contributed by atoms with E-state index in [9.17, 15) is 4.79 Å². The molecule has 0 saturated carbocycles. The number of thiocarbonyl (C=S) groups is 1. The van der Waals surface area contributed by atoms with Gasteiger partial charge in [0.1, 0.15) is 10.8 Å². The Hall–Kier alpha value is -1.89. The second kappa shape index (κ2) is 6.71. The highest BCUT2D eigenvalue weighted by Crippen LogP contribution is 2.25. The molecule has 2 rings (SSSR count). The van der Waals surface area contributed by atoms with Gasteiger partial charge in [-0.15, -0.1) is 0 Å². The molecule has 1 aliphatic carbocycles. The van der Waals surface area contributed by atoms with Crippen LogP contribution in [0, 0.1) is 0 Å². The number of rotatable bonds is 5. The number of aryl methyl sites for hydroxylation is 2. The van der Waals surface area contributed by atoms with E-state index < -0.39 is 0 Å². The molecule has 21 heavy (non-hydrogen) atoms. The van der Waals surface area contributed by atoms with Crippen molar-refractivity contribution in [3.05, 3.63) is 22.9 Å². The number of nitrogens with two attached hydrogens (primary N) is 1. The molecule has 0 spiro atoms. The lowest BCUT2D eigenvalue weighted by Gasteiger charge is -2.14. The third-order valence-electron chi connectivity index (χ3n) is 3.42. The normalized spacial score (nSPS) is 12.7. The average molecular weight is 307 g/mol. The van der Waals surface area contributed by atoms with E-state index in [2.05, 4.69) is 15.6 Å². The van der Waals surface area contributed by atoms with Crippen LogP contribution in [0.4, 0.5) is 10.6 Å². The average Bonchev–Trinajstić information content (AvgIpc) is 2.89. The van der Waals surface area contributed by atoms with E-state index in [1.54, 1.807) is 14.1 Å². The van der Waals surface area contributed by atoms with E-state index in [1.165, 1.54) is 10.5 Å². The van der Waals surface area contributed by atoms with Crippen LogP contribution in [0.15, 0.2) is 6.07 Å². The lowest BCUT2D eigenvalue weighted by molar-refractivity contribution is 0.218. The molecule has 0 atom stereocenters. The van der Waals surface area contributed by atoms with Crippen LogP contribution in [0.1, 0.15) is 23.2 Å². The van der Waals surface area contributed by atoms with Crippen molar-refractivity contribution in [1.82, 2.24) is 15.2 Å². The smallest absolute Gasteiger partial charge is 0.316 e. The van der Waals surface area contributed by atoms with Crippen molar-refractivity contribution >= 4 is 29.1 Å². The number of carbonyl (C=O) groups excluding carboxylic acids is 1. The predicted octanol–water partition coefficient (Wildman–Crippen LogP) is 0.888. The highest BCUT2D eigenvalue weighted by atomic mass is 32.1. The van der Waals surface area contributed by atoms with Crippen molar-refractivity contribution < 1.29 is 4.79 Å². The van der Waals surface area contributed by atoms with E-state index in [0.29, 0.717) is 23.9 Å². The summed E-state index contributed by atoms with van der Waals surface area (Å²) < 4.78 is 0. The number of nitrogens with zero attached hydrogens (tertiary/aromatic N) is 2. The zero-order valence-corrected chi connectivity index (χ0v) is 13.2. The van der Waals surface area contributed by atoms with Gasteiger partial charge in [0.15, 0.2) is 0 Å². The molecular weight excluding hydrogens is 286 g/mol. The molecule has 4 N–H and O–H groups in total. The zero-order valence-electron chi connectivity index (χ0n) is 12.4. The topological polar surface area (TPSA) is 83.3 Å². The van der Waals surface area contributed by atoms with Crippen molar-refractivity contribution in [2.24, 2.45) is 5.73 Å². The molecule has 114 valence electrons. The summed E-state index contributed by atoms with van der Waals surface area (Å²) in [6.45, 7) is 1.08. The van der Waals surface area contributed by atoms with Crippen molar-refractivity contribution in [3.8, 4) is 0 Å². The molecule has 1 heterocycles. The number of nitrogens with one attached hydrogen (secondary N) is 2. The number of fused-ring (bicyclic) bond motifs is 1. The number of hydrogen-bond acceptors (Lipinski definition) is 4. The van der Waals surface area contributed by atoms with Gasteiger partial charge in [-0.3, -0.25) is 0 Å². The Labute approximate surface area is 130 Å². The minimum absolute atomic E-state index is 0.117. The van der Waals surface area contributed by atoms with E-state index in [0.717, 1.165) is 30.5 Å². The van der Waals surface area contributed by atoms with Crippen LogP contribution in [-0.4, -0.2) is 48.1 Å². The molecule has 0 saturated heterocycles. The SMILES string of the molecule is CN(C)C(=O)NCCNc1nc2c(cc1C(N)=S)CCC2. The number of hydrogen-bond donors (Lipinski definition) is 3. The van der Waals surface area contributed by atoms with Gasteiger partial charge in [-0.2, -0.15) is 0 Å². The summed E-state index contributed by atoms with van der Waals surface area (Å²) in [5.74, 6) is 0.710. The van der Waals surface area contributed by atoms with Gasteiger partial charge in [0.05, 0.1) is 5.56 Å². The summed E-state index contributed by atoms with van der Waals surface area (Å²) >= 11 is 5.10. The maximum Gasteiger partial charge on any atom is 0.316 e. The van der Waals surface area contributed by atoms with Crippen LogP contribution < -0.4 is 16.4 Å². The Bertz CT molecular complexity index is 559. The fraction of sp³-hybridized carbons (Fsp3) is 0.500. The van der Waals surface area contributed by atoms with Crippen LogP contribution in [0.25, 0.3) is 0 Å². The largest absolute Gasteiger partial charge is 0.389 e. The van der Waals surface area contributed by atoms with Gasteiger partial charge in [-0.25, -0.2) is 9.78 Å². The van der Waals surface area contributed by atoms with Crippen molar-refractivity contribution in [3.63, 3.8) is 0 Å². The first kappa shape index (κ1) is 15.5. The standard InChI is InChI=1S/C14H21N5OS/c1-19(2)14(20)17-7-6-16-13-10(12(15)21)8-9-4-3-5-11(9)18-13/h8H,3-7H2,1-2H3,(H2,15,21)(H,16,18)(H,17,20). The maximum atomic E-state index is 11.4. The first-order chi connectivity index (χ1) is 9.99. The highest BCUT2D eigenvalue weighted by Gasteiger charge is 2.17. The van der Waals surface area contributed by atoms with Gasteiger partial charge in [0, 0.05) is 32.9 Å². The summed E-state index contributed by atoms with van der Waals surface area (Å²) in [7, 11) is 3.41. The summed E-state index contributed by atoms with van der Waals surface area (Å²) in [5.41, 5.74) is 8.92. The van der Waals surface area contributed by atoms with Crippen LogP contribution in [0.5, 0.6) is 0 Å². The fourth-order valence-corrected chi connectivity index (χ4v) is 2.46. The molecule has 1 aliphatic rings. The number of amides is 2. The molecule has 0 aromatic carbocycles. The Kier molecular flexibility index (Phi) is 4.95. The summed E-state index contributed by atoms with van der Waals surface area (Å²) in [6.07, 6.45) is 3.16. The van der Waals surface area contributed by atoms with Gasteiger partial charge in [-0.05, 0) is 30.9 Å². The van der Waals surface area contributed by atoms with Gasteiger partial charge in [-0.1, -0.05) is 12.2 Å². The van der Waals surface area contributed by atoms with Gasteiger partial charge >= 0.3 is 6.03 Å². The minimum atomic E-state index is -0.117. The van der Waals surface area contributed by atoms with E-state index in [-0.39, 0.29) is 6.03 Å². The third kappa shape index (κ3) is 3.81. The Balaban J connectivity index is 1.99. The number of carbonyl (C=O) groups is 1. The van der Waals surface area contributed by atoms with Gasteiger partial charge in [0.25, 0.3) is 0 Å². The Morgan fingerprint density at radius 2 is 2.19 bits per heavy atom. The van der Waals surface area contributed by atoms with Crippen LogP contribution in [0.3, 0.4) is 0 Å². The fourth-order valence-electron chi connectivity index (χ4n) is 2.30. The molecule has 0 unspecified atom stereocenters. The van der Waals surface area contributed by atoms with Crippen LogP contribution >= 0.6 is 12.2 Å². The molecule has 1 aromatic heterocycles. The summed E-state index contributed by atoms with van der Waals surface area (Å²) in [4.78, 5) is 17.9. The molecule has 0 fully saturated rings. The monoisotopic (exact) mass is 307 g/mol. The molecule has 0 bridgehead atoms. The molecule has 1 aromatic rings. The van der Waals surface area contributed by atoms with E-state index >= 15 is 0 Å². The number of anilines is 1. The van der Waals surface area contributed by atoms with Crippen molar-refractivity contribution in [1.29, 1.82) is 0 Å². The van der Waals surface area contributed by atoms with Crippen molar-refractivity contribution in [2.75, 3.05) is 32.5 Å². The molecule has 0 radical (unpaired) electrons. The predicted molar refractivity (Wildman–Crippen MR) is 87.7 cm³/mol. The first-order valence-corrected chi connectivity index (χ1v) is 7.41. The Morgan fingerprint density at radius 1 is 1.43 bits per heavy atom. The molecule has 0 aliphatic heterocycles. The second-order valence-corrected chi connectivity index (χ2v) is 5.70. The number of aromatic nitrogens is 1. The lowest BCUT2D eigenvalue weighted by Crippen LogP contribution is -2.37. The zero-order chi connectivity index (χ0) is 15.4. The highest BCUT2D eigenvalue weighted by molar-refractivity contribution is 7.80. The van der Waals surface area contributed by atoms with E-state index in [4.69, 9.17) is 18.0 Å². The molecule has 6 nitrogen and oxygen atoms in total. The first-order valence-electron chi connectivity index (χ1n) is 7.00. The Morgan fingerprint density at radius 3 is 2.86 bits per heavy atom. The maximum absolute atomic E-state index is 11.4. The van der Waals surface area contributed by atoms with Crippen LogP contribution in [-0.2, 0) is 12.8 Å². The second-order valence-electron chi connectivity index (χ2n) is 5.26. The molecular formula is C14H21N5OS. The lowest BCUT2D eigenvalue weighted by atomic mass is 10.1. The molecule has 7 heteroatoms. The van der Waals surface area contributed by atoms with Crippen molar-refractivity contribution in [2.45, 2.75) is 19.3 Å². The third-order valence-corrected chi connectivity index (χ3v) is 3.64.